The molecule has 0 aliphatic rings. The first kappa shape index (κ1) is 14.1. The Kier molecular flexibility index (Phi) is 4.41. The Morgan fingerprint density at radius 2 is 1.80 bits per heavy atom. The number of methoxy groups -OCH3 is 1. The Bertz CT molecular complexity index is 587. The second-order valence-corrected chi connectivity index (χ2v) is 4.69. The minimum atomic E-state index is -0.330. The lowest BCUT2D eigenvalue weighted by molar-refractivity contribution is 0.0600. The Morgan fingerprint density at radius 1 is 1.10 bits per heavy atom. The van der Waals surface area contributed by atoms with E-state index in [0.717, 1.165) is 16.9 Å². The van der Waals surface area contributed by atoms with Crippen LogP contribution in [0.5, 0.6) is 5.75 Å². The lowest BCUT2D eigenvalue weighted by Gasteiger charge is -2.15. The van der Waals surface area contributed by atoms with Crippen molar-refractivity contribution < 1.29 is 14.3 Å². The summed E-state index contributed by atoms with van der Waals surface area (Å²) in [6, 6.07) is 15.2. The molecule has 0 spiro atoms. The number of carbonyl (C=O) groups excluding carboxylic acids is 1. The molecule has 1 unspecified atom stereocenters. The van der Waals surface area contributed by atoms with Gasteiger partial charge in [0.25, 0.3) is 0 Å². The van der Waals surface area contributed by atoms with Crippen LogP contribution in [0.15, 0.2) is 48.5 Å². The van der Waals surface area contributed by atoms with Gasteiger partial charge in [-0.05, 0) is 49.2 Å². The van der Waals surface area contributed by atoms with E-state index in [1.165, 1.54) is 7.11 Å². The second kappa shape index (κ2) is 6.24. The van der Waals surface area contributed by atoms with Crippen LogP contribution in [-0.4, -0.2) is 13.1 Å². The van der Waals surface area contributed by atoms with Crippen molar-refractivity contribution >= 4 is 5.97 Å². The smallest absolute Gasteiger partial charge is 0.337 e. The number of benzene rings is 2. The summed E-state index contributed by atoms with van der Waals surface area (Å²) in [5, 5.41) is 0. The number of hydrogen-bond acceptors (Lipinski definition) is 3. The van der Waals surface area contributed by atoms with Gasteiger partial charge in [-0.3, -0.25) is 0 Å². The first-order valence-corrected chi connectivity index (χ1v) is 6.52. The van der Waals surface area contributed by atoms with E-state index in [-0.39, 0.29) is 12.1 Å². The summed E-state index contributed by atoms with van der Waals surface area (Å²) in [4.78, 5) is 11.4. The van der Waals surface area contributed by atoms with Gasteiger partial charge >= 0.3 is 5.97 Å². The van der Waals surface area contributed by atoms with Crippen molar-refractivity contribution in [3.8, 4) is 5.75 Å². The van der Waals surface area contributed by atoms with Crippen molar-refractivity contribution in [3.05, 3.63) is 65.2 Å². The molecule has 2 aromatic rings. The van der Waals surface area contributed by atoms with Crippen LogP contribution >= 0.6 is 0 Å². The summed E-state index contributed by atoms with van der Waals surface area (Å²) in [5.74, 6) is 0.512. The van der Waals surface area contributed by atoms with Crippen LogP contribution in [0.2, 0.25) is 0 Å². The number of ether oxygens (including phenoxy) is 2. The summed E-state index contributed by atoms with van der Waals surface area (Å²) in [6.45, 7) is 4.01. The maximum Gasteiger partial charge on any atom is 0.337 e. The van der Waals surface area contributed by atoms with E-state index in [0.29, 0.717) is 5.56 Å². The topological polar surface area (TPSA) is 35.5 Å². The highest BCUT2D eigenvalue weighted by Crippen LogP contribution is 2.22. The van der Waals surface area contributed by atoms with Crippen LogP contribution in [0.1, 0.15) is 34.5 Å². The van der Waals surface area contributed by atoms with Crippen LogP contribution in [0.4, 0.5) is 0 Å². The molecule has 20 heavy (non-hydrogen) atoms. The Labute approximate surface area is 119 Å². The predicted molar refractivity (Wildman–Crippen MR) is 78.0 cm³/mol. The van der Waals surface area contributed by atoms with Gasteiger partial charge in [0.15, 0.2) is 0 Å². The third-order valence-electron chi connectivity index (χ3n) is 3.10. The molecule has 0 radical (unpaired) electrons. The summed E-state index contributed by atoms with van der Waals surface area (Å²) in [7, 11) is 1.37. The standard InChI is InChI=1S/C17H18O3/c1-12-5-4-6-16(11-12)20-13(2)14-7-9-15(10-8-14)17(18)19-3/h4-11,13H,1-3H3. The highest BCUT2D eigenvalue weighted by molar-refractivity contribution is 5.89. The molecule has 0 aromatic heterocycles. The van der Waals surface area contributed by atoms with Gasteiger partial charge in [-0.2, -0.15) is 0 Å². The van der Waals surface area contributed by atoms with Crippen molar-refractivity contribution in [2.75, 3.05) is 7.11 Å². The molecule has 0 N–H and O–H groups in total. The average Bonchev–Trinajstić information content (AvgIpc) is 2.46. The molecule has 104 valence electrons. The van der Waals surface area contributed by atoms with Gasteiger partial charge in [-0.1, -0.05) is 24.3 Å². The van der Waals surface area contributed by atoms with E-state index < -0.39 is 0 Å². The quantitative estimate of drug-likeness (QED) is 0.790. The summed E-state index contributed by atoms with van der Waals surface area (Å²) in [6.07, 6.45) is -0.0801. The average molecular weight is 270 g/mol. The van der Waals surface area contributed by atoms with E-state index in [4.69, 9.17) is 4.74 Å². The molecule has 0 heterocycles. The molecule has 1 atom stereocenters. The molecule has 2 rings (SSSR count). The molecule has 0 saturated carbocycles. The summed E-state index contributed by atoms with van der Waals surface area (Å²) < 4.78 is 10.6. The van der Waals surface area contributed by atoms with Gasteiger partial charge in [0.2, 0.25) is 0 Å². The molecule has 2 aromatic carbocycles. The molecule has 0 aliphatic heterocycles. The molecule has 3 nitrogen and oxygen atoms in total. The zero-order valence-corrected chi connectivity index (χ0v) is 11.9. The van der Waals surface area contributed by atoms with Crippen LogP contribution in [0.25, 0.3) is 0 Å². The fraction of sp³-hybridized carbons (Fsp3) is 0.235. The van der Waals surface area contributed by atoms with Gasteiger partial charge < -0.3 is 9.47 Å². The van der Waals surface area contributed by atoms with E-state index >= 15 is 0 Å². The molecule has 0 fully saturated rings. The maximum absolute atomic E-state index is 11.4. The molecule has 0 amide bonds. The number of rotatable bonds is 4. The van der Waals surface area contributed by atoms with Gasteiger partial charge in [0, 0.05) is 0 Å². The predicted octanol–water partition coefficient (Wildman–Crippen LogP) is 3.92. The van der Waals surface area contributed by atoms with Crippen molar-refractivity contribution in [1.82, 2.24) is 0 Å². The van der Waals surface area contributed by atoms with Crippen molar-refractivity contribution in [2.45, 2.75) is 20.0 Å². The Balaban J connectivity index is 2.09. The first-order chi connectivity index (χ1) is 9.60. The van der Waals surface area contributed by atoms with Gasteiger partial charge in [0.05, 0.1) is 12.7 Å². The van der Waals surface area contributed by atoms with Gasteiger partial charge in [-0.25, -0.2) is 4.79 Å². The molecule has 0 aliphatic carbocycles. The van der Waals surface area contributed by atoms with E-state index in [1.54, 1.807) is 12.1 Å². The second-order valence-electron chi connectivity index (χ2n) is 4.69. The largest absolute Gasteiger partial charge is 0.486 e. The van der Waals surface area contributed by atoms with E-state index in [2.05, 4.69) is 4.74 Å². The third kappa shape index (κ3) is 3.38. The van der Waals surface area contributed by atoms with E-state index in [9.17, 15) is 4.79 Å². The number of hydrogen-bond donors (Lipinski definition) is 0. The van der Waals surface area contributed by atoms with Gasteiger partial charge in [-0.15, -0.1) is 0 Å². The molecule has 0 bridgehead atoms. The SMILES string of the molecule is COC(=O)c1ccc(C(C)Oc2cccc(C)c2)cc1. The van der Waals surface area contributed by atoms with Gasteiger partial charge in [0.1, 0.15) is 11.9 Å². The summed E-state index contributed by atoms with van der Waals surface area (Å²) in [5.41, 5.74) is 2.72. The van der Waals surface area contributed by atoms with Crippen molar-refractivity contribution in [2.24, 2.45) is 0 Å². The molecular weight excluding hydrogens is 252 g/mol. The number of carbonyl (C=O) groups is 1. The highest BCUT2D eigenvalue weighted by Gasteiger charge is 2.10. The maximum atomic E-state index is 11.4. The van der Waals surface area contributed by atoms with Crippen LogP contribution in [-0.2, 0) is 4.74 Å². The lowest BCUT2D eigenvalue weighted by Crippen LogP contribution is -2.05. The van der Waals surface area contributed by atoms with Crippen molar-refractivity contribution in [1.29, 1.82) is 0 Å². The molecule has 3 heteroatoms. The lowest BCUT2D eigenvalue weighted by atomic mass is 10.1. The first-order valence-electron chi connectivity index (χ1n) is 6.52. The normalized spacial score (nSPS) is 11.8. The minimum absolute atomic E-state index is 0.0801. The zero-order valence-electron chi connectivity index (χ0n) is 11.9. The molecule has 0 saturated heterocycles. The van der Waals surface area contributed by atoms with E-state index in [1.807, 2.05) is 50.2 Å². The zero-order chi connectivity index (χ0) is 14.5. The van der Waals surface area contributed by atoms with Crippen molar-refractivity contribution in [3.63, 3.8) is 0 Å². The highest BCUT2D eigenvalue weighted by atomic mass is 16.5. The fourth-order valence-electron chi connectivity index (χ4n) is 1.97. The van der Waals surface area contributed by atoms with Crippen LogP contribution in [0.3, 0.4) is 0 Å². The monoisotopic (exact) mass is 270 g/mol. The van der Waals surface area contributed by atoms with Crippen LogP contribution in [0, 0.1) is 6.92 Å². The fourth-order valence-corrected chi connectivity index (χ4v) is 1.97. The number of esters is 1. The summed E-state index contributed by atoms with van der Waals surface area (Å²) >= 11 is 0. The molecular formula is C17H18O3. The third-order valence-corrected chi connectivity index (χ3v) is 3.10. The Hall–Kier alpha value is -2.29. The Morgan fingerprint density at radius 3 is 2.40 bits per heavy atom. The number of aryl methyl sites for hydroxylation is 1. The van der Waals surface area contributed by atoms with Crippen LogP contribution < -0.4 is 4.74 Å². The minimum Gasteiger partial charge on any atom is -0.486 e.